The molecule has 0 spiro atoms. The summed E-state index contributed by atoms with van der Waals surface area (Å²) in [6.07, 6.45) is 2.29. The molecule has 4 nitrogen and oxygen atoms in total. The summed E-state index contributed by atoms with van der Waals surface area (Å²) in [6, 6.07) is 16.0. The van der Waals surface area contributed by atoms with Gasteiger partial charge < -0.3 is 14.8 Å². The van der Waals surface area contributed by atoms with Crippen molar-refractivity contribution >= 4 is 5.91 Å². The number of ether oxygens (including phenoxy) is 2. The number of amides is 1. The fraction of sp³-hybridized carbons (Fsp3) is 0.435. The summed E-state index contributed by atoms with van der Waals surface area (Å²) < 4.78 is 11.6. The lowest BCUT2D eigenvalue weighted by atomic mass is 10.1. The van der Waals surface area contributed by atoms with E-state index in [1.807, 2.05) is 50.2 Å². The summed E-state index contributed by atoms with van der Waals surface area (Å²) in [6.45, 7) is 8.52. The molecule has 0 fully saturated rings. The molecule has 146 valence electrons. The van der Waals surface area contributed by atoms with Crippen LogP contribution in [0.1, 0.15) is 45.2 Å². The molecule has 0 aliphatic carbocycles. The highest BCUT2D eigenvalue weighted by atomic mass is 16.5. The van der Waals surface area contributed by atoms with E-state index in [1.165, 1.54) is 5.56 Å². The molecule has 2 aromatic rings. The van der Waals surface area contributed by atoms with Crippen molar-refractivity contribution in [3.05, 3.63) is 59.7 Å². The van der Waals surface area contributed by atoms with E-state index in [0.29, 0.717) is 6.54 Å². The highest BCUT2D eigenvalue weighted by Gasteiger charge is 2.15. The topological polar surface area (TPSA) is 47.6 Å². The maximum Gasteiger partial charge on any atom is 0.260 e. The molecule has 1 N–H and O–H groups in total. The molecule has 2 rings (SSSR count). The molecule has 0 saturated heterocycles. The number of carbonyl (C=O) groups is 1. The second-order valence-corrected chi connectivity index (χ2v) is 6.93. The van der Waals surface area contributed by atoms with E-state index < -0.39 is 6.10 Å². The Morgan fingerprint density at radius 2 is 1.81 bits per heavy atom. The predicted molar refractivity (Wildman–Crippen MR) is 109 cm³/mol. The summed E-state index contributed by atoms with van der Waals surface area (Å²) in [5.74, 6) is 1.59. The number of aryl methyl sites for hydroxylation is 2. The van der Waals surface area contributed by atoms with E-state index in [1.54, 1.807) is 6.92 Å². The number of nitrogens with one attached hydrogen (secondary N) is 1. The Hall–Kier alpha value is -2.49. The first kappa shape index (κ1) is 20.8. The molecule has 0 bridgehead atoms. The lowest BCUT2D eigenvalue weighted by molar-refractivity contribution is -0.127. The maximum atomic E-state index is 12.3. The average Bonchev–Trinajstić information content (AvgIpc) is 2.65. The van der Waals surface area contributed by atoms with Crippen LogP contribution in [0.4, 0.5) is 0 Å². The van der Waals surface area contributed by atoms with Gasteiger partial charge in [-0.1, -0.05) is 37.3 Å². The quantitative estimate of drug-likeness (QED) is 0.625. The SMILES string of the molecule is CCc1ccccc1OC(C)C(=O)NCCCc1cccc(OC(C)C)c1. The first-order valence-corrected chi connectivity index (χ1v) is 9.77. The van der Waals surface area contributed by atoms with Crippen LogP contribution in [-0.2, 0) is 17.6 Å². The molecule has 1 amide bonds. The third-order valence-electron chi connectivity index (χ3n) is 4.24. The lowest BCUT2D eigenvalue weighted by Gasteiger charge is -2.17. The van der Waals surface area contributed by atoms with Gasteiger partial charge in [-0.05, 0) is 69.4 Å². The highest BCUT2D eigenvalue weighted by Crippen LogP contribution is 2.20. The van der Waals surface area contributed by atoms with Crippen LogP contribution in [-0.4, -0.2) is 24.7 Å². The number of hydrogen-bond acceptors (Lipinski definition) is 3. The predicted octanol–water partition coefficient (Wildman–Crippen LogP) is 4.55. The number of benzene rings is 2. The third-order valence-corrected chi connectivity index (χ3v) is 4.24. The van der Waals surface area contributed by atoms with Crippen LogP contribution in [0.2, 0.25) is 0 Å². The number of para-hydroxylation sites is 1. The maximum absolute atomic E-state index is 12.3. The van der Waals surface area contributed by atoms with Crippen LogP contribution >= 0.6 is 0 Å². The summed E-state index contributed by atoms with van der Waals surface area (Å²) in [7, 11) is 0. The van der Waals surface area contributed by atoms with Gasteiger partial charge in [0.15, 0.2) is 6.10 Å². The van der Waals surface area contributed by atoms with Crippen LogP contribution in [0.3, 0.4) is 0 Å². The zero-order valence-corrected chi connectivity index (χ0v) is 16.8. The molecule has 1 unspecified atom stereocenters. The molecular weight excluding hydrogens is 338 g/mol. The van der Waals surface area contributed by atoms with Crippen molar-refractivity contribution in [1.29, 1.82) is 0 Å². The van der Waals surface area contributed by atoms with Crippen molar-refractivity contribution in [3.63, 3.8) is 0 Å². The molecule has 0 aliphatic rings. The summed E-state index contributed by atoms with van der Waals surface area (Å²) in [4.78, 5) is 12.3. The molecule has 0 heterocycles. The first-order chi connectivity index (χ1) is 13.0. The minimum atomic E-state index is -0.513. The van der Waals surface area contributed by atoms with E-state index in [9.17, 15) is 4.79 Å². The average molecular weight is 370 g/mol. The second-order valence-electron chi connectivity index (χ2n) is 6.93. The first-order valence-electron chi connectivity index (χ1n) is 9.77. The third kappa shape index (κ3) is 6.97. The molecule has 4 heteroatoms. The van der Waals surface area contributed by atoms with Crippen LogP contribution < -0.4 is 14.8 Å². The summed E-state index contributed by atoms with van der Waals surface area (Å²) >= 11 is 0. The Balaban J connectivity index is 1.75. The van der Waals surface area contributed by atoms with Gasteiger partial charge in [-0.25, -0.2) is 0 Å². The molecule has 27 heavy (non-hydrogen) atoms. The molecule has 0 saturated carbocycles. The van der Waals surface area contributed by atoms with E-state index >= 15 is 0 Å². The van der Waals surface area contributed by atoms with Gasteiger partial charge in [-0.15, -0.1) is 0 Å². The Morgan fingerprint density at radius 1 is 1.04 bits per heavy atom. The monoisotopic (exact) mass is 369 g/mol. The fourth-order valence-corrected chi connectivity index (χ4v) is 2.85. The van der Waals surface area contributed by atoms with Crippen molar-refractivity contribution < 1.29 is 14.3 Å². The number of carbonyl (C=O) groups excluding carboxylic acids is 1. The van der Waals surface area contributed by atoms with Gasteiger partial charge in [0.2, 0.25) is 0 Å². The molecule has 0 radical (unpaired) electrons. The molecular formula is C23H31NO3. The van der Waals surface area contributed by atoms with Crippen molar-refractivity contribution in [1.82, 2.24) is 5.32 Å². The normalized spacial score (nSPS) is 11.9. The Labute approximate surface area is 162 Å². The van der Waals surface area contributed by atoms with E-state index in [4.69, 9.17) is 9.47 Å². The summed E-state index contributed by atoms with van der Waals surface area (Å²) in [5, 5.41) is 2.96. The van der Waals surface area contributed by atoms with E-state index in [2.05, 4.69) is 24.4 Å². The Morgan fingerprint density at radius 3 is 2.56 bits per heavy atom. The smallest absolute Gasteiger partial charge is 0.260 e. The van der Waals surface area contributed by atoms with Gasteiger partial charge in [-0.3, -0.25) is 4.79 Å². The van der Waals surface area contributed by atoms with Gasteiger partial charge in [0.05, 0.1) is 6.10 Å². The zero-order valence-electron chi connectivity index (χ0n) is 16.8. The van der Waals surface area contributed by atoms with Gasteiger partial charge in [-0.2, -0.15) is 0 Å². The number of rotatable bonds is 10. The Kier molecular flexibility index (Phi) is 8.18. The largest absolute Gasteiger partial charge is 0.491 e. The van der Waals surface area contributed by atoms with Crippen LogP contribution in [0.15, 0.2) is 48.5 Å². The molecule has 0 aromatic heterocycles. The van der Waals surface area contributed by atoms with Gasteiger partial charge >= 0.3 is 0 Å². The fourth-order valence-electron chi connectivity index (χ4n) is 2.85. The van der Waals surface area contributed by atoms with Gasteiger partial charge in [0, 0.05) is 6.54 Å². The molecule has 2 aromatic carbocycles. The Bertz CT molecular complexity index is 727. The van der Waals surface area contributed by atoms with Gasteiger partial charge in [0.1, 0.15) is 11.5 Å². The van der Waals surface area contributed by atoms with Gasteiger partial charge in [0.25, 0.3) is 5.91 Å². The summed E-state index contributed by atoms with van der Waals surface area (Å²) in [5.41, 5.74) is 2.32. The van der Waals surface area contributed by atoms with Crippen LogP contribution in [0.25, 0.3) is 0 Å². The zero-order chi connectivity index (χ0) is 19.6. The van der Waals surface area contributed by atoms with Crippen molar-refractivity contribution in [2.24, 2.45) is 0 Å². The second kappa shape index (κ2) is 10.6. The van der Waals surface area contributed by atoms with Crippen molar-refractivity contribution in [2.45, 2.75) is 59.2 Å². The van der Waals surface area contributed by atoms with E-state index in [0.717, 1.165) is 36.3 Å². The lowest BCUT2D eigenvalue weighted by Crippen LogP contribution is -2.37. The highest BCUT2D eigenvalue weighted by molar-refractivity contribution is 5.80. The van der Waals surface area contributed by atoms with Crippen LogP contribution in [0, 0.1) is 0 Å². The van der Waals surface area contributed by atoms with Crippen molar-refractivity contribution in [2.75, 3.05) is 6.54 Å². The molecule has 0 aliphatic heterocycles. The minimum absolute atomic E-state index is 0.0854. The van der Waals surface area contributed by atoms with E-state index in [-0.39, 0.29) is 12.0 Å². The van der Waals surface area contributed by atoms with Crippen molar-refractivity contribution in [3.8, 4) is 11.5 Å². The van der Waals surface area contributed by atoms with Crippen LogP contribution in [0.5, 0.6) is 11.5 Å². The molecule has 1 atom stereocenters. The number of hydrogen-bond donors (Lipinski definition) is 1. The minimum Gasteiger partial charge on any atom is -0.491 e. The standard InChI is InChI=1S/C23H31NO3/c1-5-20-12-6-7-14-22(20)27-18(4)23(25)24-15-9-11-19-10-8-13-21(16-19)26-17(2)3/h6-8,10,12-14,16-18H,5,9,11,15H2,1-4H3,(H,24,25).